The Hall–Kier alpha value is -4.19. The molecule has 9 nitrogen and oxygen atoms in total. The van der Waals surface area contributed by atoms with E-state index in [4.69, 9.17) is 5.73 Å². The minimum Gasteiger partial charge on any atom is -0.406 e. The summed E-state index contributed by atoms with van der Waals surface area (Å²) >= 11 is 0. The summed E-state index contributed by atoms with van der Waals surface area (Å²) in [5.41, 5.74) is 8.75. The number of hydrogen-bond donors (Lipinski definition) is 3. The van der Waals surface area contributed by atoms with Crippen molar-refractivity contribution >= 4 is 28.4 Å². The molecule has 1 unspecified atom stereocenters. The number of fused-ring (bicyclic) bond motifs is 1. The van der Waals surface area contributed by atoms with Crippen molar-refractivity contribution in [3.63, 3.8) is 0 Å². The third kappa shape index (κ3) is 4.70. The van der Waals surface area contributed by atoms with Crippen molar-refractivity contribution in [2.45, 2.75) is 19.4 Å². The van der Waals surface area contributed by atoms with Crippen LogP contribution in [0.2, 0.25) is 0 Å². The van der Waals surface area contributed by atoms with E-state index in [2.05, 4.69) is 25.1 Å². The predicted octanol–water partition coefficient (Wildman–Crippen LogP) is 3.28. The molecular weight excluding hydrogens is 441 g/mol. The Morgan fingerprint density at radius 1 is 1.21 bits per heavy atom. The van der Waals surface area contributed by atoms with Crippen molar-refractivity contribution in [3.05, 3.63) is 66.1 Å². The van der Waals surface area contributed by atoms with Gasteiger partial charge in [-0.2, -0.15) is 5.10 Å². The van der Waals surface area contributed by atoms with Gasteiger partial charge in [-0.25, -0.2) is 14.6 Å². The van der Waals surface area contributed by atoms with Crippen molar-refractivity contribution in [1.29, 1.82) is 0 Å². The summed E-state index contributed by atoms with van der Waals surface area (Å²) in [5.74, 6) is -1.11. The molecule has 33 heavy (non-hydrogen) atoms. The number of hydrogen-bond acceptors (Lipinski definition) is 7. The van der Waals surface area contributed by atoms with Gasteiger partial charge in [-0.1, -0.05) is 12.1 Å². The number of benzene rings is 2. The number of nitrogens with one attached hydrogen (secondary N) is 1. The normalized spacial score (nSPS) is 12.5. The molecule has 2 aromatic carbocycles. The van der Waals surface area contributed by atoms with Crippen molar-refractivity contribution in [2.24, 2.45) is 0 Å². The number of rotatable bonds is 5. The van der Waals surface area contributed by atoms with E-state index in [0.29, 0.717) is 22.4 Å². The molecule has 1 amide bonds. The highest BCUT2D eigenvalue weighted by atomic mass is 19.4. The number of amides is 1. The zero-order valence-corrected chi connectivity index (χ0v) is 17.0. The fraction of sp³-hybridized carbons (Fsp3) is 0.143. The Balaban J connectivity index is 1.53. The number of nitrogen functional groups attached to an aromatic ring is 1. The molecule has 2 heterocycles. The number of alkyl halides is 3. The summed E-state index contributed by atoms with van der Waals surface area (Å²) in [6.07, 6.45) is -3.71. The molecule has 12 heteroatoms. The number of aliphatic hydroxyl groups excluding tert-OH is 1. The Labute approximate surface area is 184 Å². The van der Waals surface area contributed by atoms with Gasteiger partial charge in [0.15, 0.2) is 11.9 Å². The number of halogens is 3. The van der Waals surface area contributed by atoms with Crippen LogP contribution >= 0.6 is 0 Å². The first-order valence-electron chi connectivity index (χ1n) is 9.52. The molecule has 0 fully saturated rings. The van der Waals surface area contributed by atoms with E-state index in [0.717, 1.165) is 17.7 Å². The molecule has 0 aliphatic rings. The molecule has 0 saturated heterocycles. The SMILES string of the molecule is Cc1cc(NC(=O)C(O)c2cccc(OC(F)(F)F)c2)ccc1-n1ncc2ncnc(N)c21. The number of nitrogens with two attached hydrogens (primary N) is 1. The summed E-state index contributed by atoms with van der Waals surface area (Å²) in [6, 6.07) is 9.50. The lowest BCUT2D eigenvalue weighted by atomic mass is 10.1. The van der Waals surface area contributed by atoms with E-state index >= 15 is 0 Å². The second kappa shape index (κ2) is 8.39. The number of nitrogens with zero attached hydrogens (tertiary/aromatic N) is 4. The first-order chi connectivity index (χ1) is 15.6. The molecule has 4 N–H and O–H groups in total. The summed E-state index contributed by atoms with van der Waals surface area (Å²) in [6.45, 7) is 1.78. The molecule has 0 aliphatic carbocycles. The lowest BCUT2D eigenvalue weighted by Gasteiger charge is -2.15. The summed E-state index contributed by atoms with van der Waals surface area (Å²) in [7, 11) is 0. The van der Waals surface area contributed by atoms with Gasteiger partial charge in [0.2, 0.25) is 0 Å². The zero-order valence-electron chi connectivity index (χ0n) is 17.0. The Bertz CT molecular complexity index is 1340. The van der Waals surface area contributed by atoms with Gasteiger partial charge in [-0.15, -0.1) is 13.2 Å². The monoisotopic (exact) mass is 458 g/mol. The van der Waals surface area contributed by atoms with Crippen LogP contribution in [0.4, 0.5) is 24.7 Å². The number of carbonyl (C=O) groups excluding carboxylic acids is 1. The number of aliphatic hydroxyl groups is 1. The lowest BCUT2D eigenvalue weighted by Crippen LogP contribution is -2.21. The standard InChI is InChI=1S/C21H17F3N6O3/c1-11-7-13(5-6-16(11)30-17-15(9-28-30)26-10-27-19(17)25)29-20(32)18(31)12-3-2-4-14(8-12)33-21(22,23)24/h2-10,18,31H,1H3,(H,29,32)(H2,25,26,27). The van der Waals surface area contributed by atoms with Crippen molar-refractivity contribution in [2.75, 3.05) is 11.1 Å². The summed E-state index contributed by atoms with van der Waals surface area (Å²) < 4.78 is 42.7. The van der Waals surface area contributed by atoms with Gasteiger partial charge >= 0.3 is 6.36 Å². The zero-order chi connectivity index (χ0) is 23.8. The molecule has 0 bridgehead atoms. The topological polar surface area (TPSA) is 128 Å². The van der Waals surface area contributed by atoms with Gasteiger partial charge in [-0.05, 0) is 48.4 Å². The number of aryl methyl sites for hydroxylation is 1. The van der Waals surface area contributed by atoms with Crippen LogP contribution in [0.1, 0.15) is 17.2 Å². The molecule has 4 rings (SSSR count). The van der Waals surface area contributed by atoms with Crippen LogP contribution in [0.3, 0.4) is 0 Å². The molecule has 0 spiro atoms. The molecule has 4 aromatic rings. The van der Waals surface area contributed by atoms with Gasteiger partial charge in [0, 0.05) is 5.69 Å². The van der Waals surface area contributed by atoms with Crippen LogP contribution in [-0.4, -0.2) is 37.1 Å². The van der Waals surface area contributed by atoms with E-state index < -0.39 is 24.1 Å². The quantitative estimate of drug-likeness (QED) is 0.419. The van der Waals surface area contributed by atoms with E-state index in [1.807, 2.05) is 0 Å². The van der Waals surface area contributed by atoms with Crippen LogP contribution in [-0.2, 0) is 4.79 Å². The number of carbonyl (C=O) groups is 1. The second-order valence-electron chi connectivity index (χ2n) is 7.06. The molecule has 0 radical (unpaired) electrons. The molecule has 0 saturated carbocycles. The molecule has 170 valence electrons. The Kier molecular flexibility index (Phi) is 5.60. The van der Waals surface area contributed by atoms with Gasteiger partial charge < -0.3 is 20.9 Å². The smallest absolute Gasteiger partial charge is 0.406 e. The summed E-state index contributed by atoms with van der Waals surface area (Å²) in [5, 5.41) is 17.1. The fourth-order valence-electron chi connectivity index (χ4n) is 3.29. The van der Waals surface area contributed by atoms with E-state index in [1.165, 1.54) is 18.5 Å². The van der Waals surface area contributed by atoms with Crippen molar-refractivity contribution in [3.8, 4) is 11.4 Å². The maximum Gasteiger partial charge on any atom is 0.573 e. The second-order valence-corrected chi connectivity index (χ2v) is 7.06. The minimum absolute atomic E-state index is 0.0546. The first kappa shape index (κ1) is 22.0. The Morgan fingerprint density at radius 2 is 2.00 bits per heavy atom. The average Bonchev–Trinajstić information content (AvgIpc) is 3.17. The largest absolute Gasteiger partial charge is 0.573 e. The van der Waals surface area contributed by atoms with Gasteiger partial charge in [-0.3, -0.25) is 4.79 Å². The van der Waals surface area contributed by atoms with Gasteiger partial charge in [0.25, 0.3) is 5.91 Å². The molecule has 0 aliphatic heterocycles. The lowest BCUT2D eigenvalue weighted by molar-refractivity contribution is -0.274. The van der Waals surface area contributed by atoms with Crippen molar-refractivity contribution < 1.29 is 27.8 Å². The maximum atomic E-state index is 12.5. The third-order valence-corrected chi connectivity index (χ3v) is 4.73. The van der Waals surface area contributed by atoms with Crippen LogP contribution < -0.4 is 15.8 Å². The van der Waals surface area contributed by atoms with E-state index in [-0.39, 0.29) is 11.4 Å². The average molecular weight is 458 g/mol. The molecular formula is C21H17F3N6O3. The number of ether oxygens (including phenoxy) is 1. The van der Waals surface area contributed by atoms with E-state index in [1.54, 1.807) is 36.0 Å². The highest BCUT2D eigenvalue weighted by molar-refractivity contribution is 5.95. The van der Waals surface area contributed by atoms with Gasteiger partial charge in [0.1, 0.15) is 23.1 Å². The van der Waals surface area contributed by atoms with Gasteiger partial charge in [0.05, 0.1) is 11.9 Å². The van der Waals surface area contributed by atoms with Crippen LogP contribution in [0, 0.1) is 6.92 Å². The van der Waals surface area contributed by atoms with Crippen LogP contribution in [0.15, 0.2) is 55.0 Å². The molecule has 2 aromatic heterocycles. The molecule has 1 atom stereocenters. The van der Waals surface area contributed by atoms with Crippen LogP contribution in [0.5, 0.6) is 5.75 Å². The summed E-state index contributed by atoms with van der Waals surface area (Å²) in [4.78, 5) is 20.6. The maximum absolute atomic E-state index is 12.5. The highest BCUT2D eigenvalue weighted by Crippen LogP contribution is 2.27. The third-order valence-electron chi connectivity index (χ3n) is 4.73. The number of anilines is 2. The van der Waals surface area contributed by atoms with Crippen LogP contribution in [0.25, 0.3) is 16.7 Å². The van der Waals surface area contributed by atoms with E-state index in [9.17, 15) is 23.1 Å². The minimum atomic E-state index is -4.89. The predicted molar refractivity (Wildman–Crippen MR) is 113 cm³/mol. The number of aromatic nitrogens is 4. The Morgan fingerprint density at radius 3 is 2.73 bits per heavy atom. The fourth-order valence-corrected chi connectivity index (χ4v) is 3.29. The van der Waals surface area contributed by atoms with Crippen molar-refractivity contribution in [1.82, 2.24) is 19.7 Å². The highest BCUT2D eigenvalue weighted by Gasteiger charge is 2.31. The first-order valence-corrected chi connectivity index (χ1v) is 9.52.